The van der Waals surface area contributed by atoms with Crippen LogP contribution in [0.15, 0.2) is 36.5 Å². The van der Waals surface area contributed by atoms with Crippen molar-refractivity contribution in [2.75, 3.05) is 23.4 Å². The Hall–Kier alpha value is -2.65. The van der Waals surface area contributed by atoms with Crippen molar-refractivity contribution in [3.8, 4) is 0 Å². The lowest BCUT2D eigenvalue weighted by molar-refractivity contribution is -0.154. The number of ether oxygens (including phenoxy) is 1. The number of pyridine rings is 1. The lowest BCUT2D eigenvalue weighted by atomic mass is 9.84. The van der Waals surface area contributed by atoms with Crippen LogP contribution in [-0.4, -0.2) is 42.4 Å². The van der Waals surface area contributed by atoms with Gasteiger partial charge in [0.25, 0.3) is 0 Å². The SMILES string of the molecule is CC(N[C@H]1CC[C@H](C(=O)N2Cc3cccnc3Nc3ccc([C@@H]4CCCOC4)cc32)CC1)C(F)(F)F. The summed E-state index contributed by atoms with van der Waals surface area (Å²) in [6, 6.07) is 8.27. The molecule has 1 aliphatic carbocycles. The molecular formula is C27H33F3N4O2. The van der Waals surface area contributed by atoms with E-state index in [-0.39, 0.29) is 17.9 Å². The highest BCUT2D eigenvalue weighted by Gasteiger charge is 2.39. The molecule has 1 saturated heterocycles. The van der Waals surface area contributed by atoms with Gasteiger partial charge in [-0.15, -0.1) is 0 Å². The van der Waals surface area contributed by atoms with Gasteiger partial charge in [-0.05, 0) is 69.2 Å². The van der Waals surface area contributed by atoms with Crippen LogP contribution in [0.3, 0.4) is 0 Å². The van der Waals surface area contributed by atoms with E-state index in [2.05, 4.69) is 27.8 Å². The highest BCUT2D eigenvalue weighted by atomic mass is 19.4. The molecular weight excluding hydrogens is 469 g/mol. The number of amides is 1. The molecule has 1 saturated carbocycles. The summed E-state index contributed by atoms with van der Waals surface area (Å²) in [5, 5.41) is 6.11. The van der Waals surface area contributed by atoms with Crippen LogP contribution in [0.1, 0.15) is 62.5 Å². The number of benzene rings is 1. The molecule has 2 N–H and O–H groups in total. The minimum atomic E-state index is -4.27. The van der Waals surface area contributed by atoms with Crippen molar-refractivity contribution in [2.24, 2.45) is 5.92 Å². The van der Waals surface area contributed by atoms with E-state index in [0.717, 1.165) is 54.7 Å². The van der Waals surface area contributed by atoms with Crippen LogP contribution >= 0.6 is 0 Å². The molecule has 3 heterocycles. The summed E-state index contributed by atoms with van der Waals surface area (Å²) >= 11 is 0. The maximum absolute atomic E-state index is 13.9. The summed E-state index contributed by atoms with van der Waals surface area (Å²) in [7, 11) is 0. The number of hydrogen-bond donors (Lipinski definition) is 2. The van der Waals surface area contributed by atoms with Crippen molar-refractivity contribution in [3.63, 3.8) is 0 Å². The highest BCUT2D eigenvalue weighted by Crippen LogP contribution is 2.40. The van der Waals surface area contributed by atoms with Crippen molar-refractivity contribution in [1.29, 1.82) is 0 Å². The molecule has 0 radical (unpaired) electrons. The average Bonchev–Trinajstić information content (AvgIpc) is 3.05. The zero-order valence-corrected chi connectivity index (χ0v) is 20.5. The molecule has 2 fully saturated rings. The summed E-state index contributed by atoms with van der Waals surface area (Å²) < 4.78 is 44.6. The van der Waals surface area contributed by atoms with E-state index in [1.165, 1.54) is 0 Å². The number of carbonyl (C=O) groups is 1. The van der Waals surface area contributed by atoms with Crippen molar-refractivity contribution < 1.29 is 22.7 Å². The third-order valence-electron chi connectivity index (χ3n) is 7.74. The average molecular weight is 503 g/mol. The normalized spacial score (nSPS) is 25.2. The van der Waals surface area contributed by atoms with Gasteiger partial charge < -0.3 is 20.3 Å². The molecule has 1 aromatic carbocycles. The summed E-state index contributed by atoms with van der Waals surface area (Å²) in [6.07, 6.45) is 1.76. The first-order valence-electron chi connectivity index (χ1n) is 12.9. The van der Waals surface area contributed by atoms with Crippen LogP contribution < -0.4 is 15.5 Å². The fraction of sp³-hybridized carbons (Fsp3) is 0.556. The minimum Gasteiger partial charge on any atom is -0.381 e. The van der Waals surface area contributed by atoms with E-state index >= 15 is 0 Å². The number of carbonyl (C=O) groups excluding carboxylic acids is 1. The second-order valence-corrected chi connectivity index (χ2v) is 10.2. The second kappa shape index (κ2) is 10.4. The molecule has 194 valence electrons. The zero-order chi connectivity index (χ0) is 25.3. The summed E-state index contributed by atoms with van der Waals surface area (Å²) in [4.78, 5) is 20.2. The molecule has 5 rings (SSSR count). The number of alkyl halides is 3. The Morgan fingerprint density at radius 1 is 1.19 bits per heavy atom. The topological polar surface area (TPSA) is 66.5 Å². The van der Waals surface area contributed by atoms with E-state index in [9.17, 15) is 18.0 Å². The Labute approximate surface area is 209 Å². The number of nitrogens with one attached hydrogen (secondary N) is 2. The smallest absolute Gasteiger partial charge is 0.381 e. The van der Waals surface area contributed by atoms with Crippen LogP contribution in [0.2, 0.25) is 0 Å². The van der Waals surface area contributed by atoms with Gasteiger partial charge in [0.1, 0.15) is 11.9 Å². The van der Waals surface area contributed by atoms with Crippen molar-refractivity contribution in [2.45, 2.75) is 76.2 Å². The minimum absolute atomic E-state index is 0.0223. The molecule has 0 spiro atoms. The van der Waals surface area contributed by atoms with E-state index < -0.39 is 12.2 Å². The van der Waals surface area contributed by atoms with Gasteiger partial charge in [0, 0.05) is 36.2 Å². The van der Waals surface area contributed by atoms with Gasteiger partial charge in [0.05, 0.1) is 24.5 Å². The van der Waals surface area contributed by atoms with Gasteiger partial charge in [-0.25, -0.2) is 4.98 Å². The van der Waals surface area contributed by atoms with Gasteiger partial charge in [0.2, 0.25) is 5.91 Å². The largest absolute Gasteiger partial charge is 0.403 e. The summed E-state index contributed by atoms with van der Waals surface area (Å²) in [5.41, 5.74) is 3.74. The molecule has 2 atom stereocenters. The molecule has 0 bridgehead atoms. The number of fused-ring (bicyclic) bond motifs is 2. The second-order valence-electron chi connectivity index (χ2n) is 10.2. The Morgan fingerprint density at radius 3 is 2.72 bits per heavy atom. The van der Waals surface area contributed by atoms with Crippen LogP contribution in [0.5, 0.6) is 0 Å². The third kappa shape index (κ3) is 5.37. The Bertz CT molecular complexity index is 1080. The predicted molar refractivity (Wildman–Crippen MR) is 132 cm³/mol. The van der Waals surface area contributed by atoms with Gasteiger partial charge in [-0.3, -0.25) is 4.79 Å². The lowest BCUT2D eigenvalue weighted by Gasteiger charge is -2.34. The molecule has 3 aliphatic rings. The van der Waals surface area contributed by atoms with E-state index in [0.29, 0.717) is 44.8 Å². The highest BCUT2D eigenvalue weighted by molar-refractivity contribution is 5.99. The standard InChI is InChI=1S/C27H33F3N4O2/c1-17(27(28,29)30)32-22-9-6-18(7-10-22)26(35)34-15-20-4-2-12-31-25(20)33-23-11-8-19(14-24(23)34)21-5-3-13-36-16-21/h2,4,8,11-12,14,17-18,21-22,32H,3,5-7,9-10,13,15-16H2,1H3,(H,31,33)/t17?,18-,21-,22-/m1/s1. The molecule has 1 aromatic heterocycles. The Kier molecular flexibility index (Phi) is 7.21. The monoisotopic (exact) mass is 502 g/mol. The van der Waals surface area contributed by atoms with Gasteiger partial charge in [0.15, 0.2) is 0 Å². The quantitative estimate of drug-likeness (QED) is 0.564. The third-order valence-corrected chi connectivity index (χ3v) is 7.74. The lowest BCUT2D eigenvalue weighted by Crippen LogP contribution is -2.47. The first-order valence-corrected chi connectivity index (χ1v) is 12.9. The Balaban J connectivity index is 1.37. The maximum atomic E-state index is 13.9. The Morgan fingerprint density at radius 2 is 2.00 bits per heavy atom. The van der Waals surface area contributed by atoms with Gasteiger partial charge in [-0.1, -0.05) is 12.1 Å². The number of halogens is 3. The molecule has 9 heteroatoms. The molecule has 2 aliphatic heterocycles. The molecule has 36 heavy (non-hydrogen) atoms. The fourth-order valence-corrected chi connectivity index (χ4v) is 5.57. The van der Waals surface area contributed by atoms with Crippen LogP contribution in [0.4, 0.5) is 30.4 Å². The van der Waals surface area contributed by atoms with E-state index in [4.69, 9.17) is 4.74 Å². The van der Waals surface area contributed by atoms with E-state index in [1.807, 2.05) is 23.1 Å². The van der Waals surface area contributed by atoms with Crippen molar-refractivity contribution in [1.82, 2.24) is 10.3 Å². The van der Waals surface area contributed by atoms with Gasteiger partial charge in [-0.2, -0.15) is 13.2 Å². The fourth-order valence-electron chi connectivity index (χ4n) is 5.57. The predicted octanol–water partition coefficient (Wildman–Crippen LogP) is 5.67. The molecule has 1 amide bonds. The maximum Gasteiger partial charge on any atom is 0.403 e. The number of anilines is 3. The first-order chi connectivity index (χ1) is 17.3. The van der Waals surface area contributed by atoms with Crippen molar-refractivity contribution >= 4 is 23.1 Å². The zero-order valence-electron chi connectivity index (χ0n) is 20.5. The molecule has 2 aromatic rings. The van der Waals surface area contributed by atoms with Crippen LogP contribution in [-0.2, 0) is 16.1 Å². The van der Waals surface area contributed by atoms with E-state index in [1.54, 1.807) is 6.20 Å². The number of rotatable bonds is 4. The first kappa shape index (κ1) is 25.0. The number of nitrogens with zero attached hydrogens (tertiary/aromatic N) is 2. The van der Waals surface area contributed by atoms with Crippen LogP contribution in [0, 0.1) is 5.92 Å². The summed E-state index contributed by atoms with van der Waals surface area (Å²) in [5.74, 6) is 0.824. The van der Waals surface area contributed by atoms with Gasteiger partial charge >= 0.3 is 6.18 Å². The number of aromatic nitrogens is 1. The summed E-state index contributed by atoms with van der Waals surface area (Å²) in [6.45, 7) is 3.01. The number of hydrogen-bond acceptors (Lipinski definition) is 5. The van der Waals surface area contributed by atoms with Crippen molar-refractivity contribution in [3.05, 3.63) is 47.7 Å². The molecule has 1 unspecified atom stereocenters. The van der Waals surface area contributed by atoms with Crippen LogP contribution in [0.25, 0.3) is 0 Å². The molecule has 6 nitrogen and oxygen atoms in total.